The molecule has 9 heteroatoms. The van der Waals surface area contributed by atoms with E-state index >= 15 is 0 Å². The van der Waals surface area contributed by atoms with Crippen LogP contribution in [0.1, 0.15) is 35.7 Å². The number of fused-ring (bicyclic) bond motifs is 2. The highest BCUT2D eigenvalue weighted by atomic mass is 19.1. The average molecular weight is 514 g/mol. The Kier molecular flexibility index (Phi) is 6.37. The van der Waals surface area contributed by atoms with Gasteiger partial charge >= 0.3 is 0 Å². The van der Waals surface area contributed by atoms with E-state index in [9.17, 15) is 9.18 Å². The Hall–Kier alpha value is -4.11. The van der Waals surface area contributed by atoms with Crippen molar-refractivity contribution in [2.75, 3.05) is 20.2 Å². The van der Waals surface area contributed by atoms with Gasteiger partial charge in [0.1, 0.15) is 22.6 Å². The minimum Gasteiger partial charge on any atom is -0.496 e. The molecule has 1 fully saturated rings. The zero-order valence-corrected chi connectivity index (χ0v) is 21.3. The maximum absolute atomic E-state index is 14.6. The number of aromatic amines is 1. The zero-order valence-electron chi connectivity index (χ0n) is 21.3. The highest BCUT2D eigenvalue weighted by Crippen LogP contribution is 2.32. The van der Waals surface area contributed by atoms with Crippen LogP contribution in [0, 0.1) is 17.7 Å². The number of aromatic nitrogens is 4. The van der Waals surface area contributed by atoms with E-state index < -0.39 is 0 Å². The van der Waals surface area contributed by atoms with E-state index in [1.54, 1.807) is 19.2 Å². The molecule has 194 valence electrons. The summed E-state index contributed by atoms with van der Waals surface area (Å²) in [6.07, 6.45) is 1.39. The van der Waals surface area contributed by atoms with Crippen LogP contribution in [-0.2, 0) is 6.54 Å². The molecule has 6 rings (SSSR count). The number of ether oxygens (including phenoxy) is 1. The van der Waals surface area contributed by atoms with Gasteiger partial charge < -0.3 is 4.74 Å². The first-order valence-electron chi connectivity index (χ1n) is 12.8. The maximum atomic E-state index is 14.6. The lowest BCUT2D eigenvalue weighted by Gasteiger charge is -2.36. The normalized spacial score (nSPS) is 18.3. The maximum Gasteiger partial charge on any atom is 0.163 e. The number of rotatable bonds is 7. The fraction of sp³-hybridized carbons (Fsp3) is 0.310. The highest BCUT2D eigenvalue weighted by molar-refractivity contribution is 6.03. The van der Waals surface area contributed by atoms with Crippen molar-refractivity contribution >= 4 is 27.7 Å². The lowest BCUT2D eigenvalue weighted by atomic mass is 9.85. The Labute approximate surface area is 218 Å². The molecule has 0 radical (unpaired) electrons. The first-order chi connectivity index (χ1) is 18.5. The van der Waals surface area contributed by atoms with Gasteiger partial charge in [-0.25, -0.2) is 9.02 Å². The molecule has 5 aromatic rings. The molecule has 1 aliphatic heterocycles. The Morgan fingerprint density at radius 3 is 2.87 bits per heavy atom. The average Bonchev–Trinajstić information content (AvgIpc) is 3.55. The van der Waals surface area contributed by atoms with Crippen molar-refractivity contribution in [2.45, 2.75) is 26.3 Å². The van der Waals surface area contributed by atoms with Gasteiger partial charge in [-0.1, -0.05) is 19.1 Å². The molecule has 0 saturated carbocycles. The van der Waals surface area contributed by atoms with Crippen LogP contribution in [0.4, 0.5) is 4.39 Å². The van der Waals surface area contributed by atoms with E-state index in [1.165, 1.54) is 6.07 Å². The second-order valence-corrected chi connectivity index (χ2v) is 10.2. The van der Waals surface area contributed by atoms with Gasteiger partial charge in [0, 0.05) is 48.1 Å². The van der Waals surface area contributed by atoms with Gasteiger partial charge in [-0.05, 0) is 71.0 Å². The number of halogens is 1. The molecule has 1 aliphatic rings. The first kappa shape index (κ1) is 24.2. The van der Waals surface area contributed by atoms with Crippen molar-refractivity contribution in [3.05, 3.63) is 71.5 Å². The Morgan fingerprint density at radius 2 is 2.00 bits per heavy atom. The quantitative estimate of drug-likeness (QED) is 0.281. The fourth-order valence-corrected chi connectivity index (χ4v) is 5.70. The monoisotopic (exact) mass is 513 g/mol. The standard InChI is InChI=1S/C29H28FN5O3/c1-17-10-18(15-35(14-17)16-22-23(30)4-3-5-28(22)37-2)11-27(36)19-6-8-24-21(12-19)29(32-31-24)20-7-9-25-26(13-20)34-38-33-25/h3-9,12-13,17-18H,10-11,14-16H2,1-2H3,(H,31,32)/t17-,18-/m0/s1. The number of carbonyl (C=O) groups is 1. The van der Waals surface area contributed by atoms with Crippen LogP contribution in [0.5, 0.6) is 5.75 Å². The number of likely N-dealkylation sites (tertiary alicyclic amines) is 1. The van der Waals surface area contributed by atoms with Crippen molar-refractivity contribution in [3.8, 4) is 17.0 Å². The number of hydrogen-bond acceptors (Lipinski definition) is 7. The number of Topliss-reactive ketones (excluding diaryl/α,β-unsaturated/α-hetero) is 1. The largest absolute Gasteiger partial charge is 0.496 e. The molecule has 8 nitrogen and oxygen atoms in total. The number of carbonyl (C=O) groups excluding carboxylic acids is 1. The Morgan fingerprint density at radius 1 is 1.13 bits per heavy atom. The van der Waals surface area contributed by atoms with Gasteiger partial charge in [0.05, 0.1) is 18.3 Å². The van der Waals surface area contributed by atoms with E-state index in [-0.39, 0.29) is 17.5 Å². The van der Waals surface area contributed by atoms with E-state index in [1.807, 2.05) is 36.4 Å². The molecule has 0 spiro atoms. The second kappa shape index (κ2) is 9.98. The predicted octanol–water partition coefficient (Wildman–Crippen LogP) is 5.64. The highest BCUT2D eigenvalue weighted by Gasteiger charge is 2.28. The lowest BCUT2D eigenvalue weighted by Crippen LogP contribution is -2.40. The third kappa shape index (κ3) is 4.65. The van der Waals surface area contributed by atoms with Crippen LogP contribution in [0.25, 0.3) is 33.2 Å². The fourth-order valence-electron chi connectivity index (χ4n) is 5.70. The molecule has 3 heterocycles. The molecule has 1 N–H and O–H groups in total. The molecule has 3 aromatic carbocycles. The summed E-state index contributed by atoms with van der Waals surface area (Å²) in [5, 5.41) is 16.2. The zero-order chi connectivity index (χ0) is 26.2. The third-order valence-electron chi connectivity index (χ3n) is 7.39. The molecule has 2 atom stereocenters. The van der Waals surface area contributed by atoms with Crippen molar-refractivity contribution in [2.24, 2.45) is 11.8 Å². The number of nitrogens with zero attached hydrogens (tertiary/aromatic N) is 4. The summed E-state index contributed by atoms with van der Waals surface area (Å²) in [5.41, 5.74) is 5.01. The van der Waals surface area contributed by atoms with Crippen LogP contribution < -0.4 is 4.74 Å². The molecular formula is C29H28FN5O3. The van der Waals surface area contributed by atoms with Crippen molar-refractivity contribution in [1.82, 2.24) is 25.4 Å². The molecular weight excluding hydrogens is 485 g/mol. The molecule has 0 amide bonds. The van der Waals surface area contributed by atoms with E-state index in [4.69, 9.17) is 9.37 Å². The second-order valence-electron chi connectivity index (χ2n) is 10.2. The summed E-state index contributed by atoms with van der Waals surface area (Å²) >= 11 is 0. The van der Waals surface area contributed by atoms with Crippen LogP contribution >= 0.6 is 0 Å². The summed E-state index contributed by atoms with van der Waals surface area (Å²) < 4.78 is 24.8. The van der Waals surface area contributed by atoms with Crippen LogP contribution in [0.2, 0.25) is 0 Å². The minimum absolute atomic E-state index is 0.0951. The summed E-state index contributed by atoms with van der Waals surface area (Å²) in [4.78, 5) is 15.7. The number of hydrogen-bond donors (Lipinski definition) is 1. The summed E-state index contributed by atoms with van der Waals surface area (Å²) in [5.74, 6) is 0.976. The van der Waals surface area contributed by atoms with E-state index in [2.05, 4.69) is 32.3 Å². The Bertz CT molecular complexity index is 1630. The number of ketones is 1. The molecule has 0 unspecified atom stereocenters. The summed E-state index contributed by atoms with van der Waals surface area (Å²) in [6, 6.07) is 16.2. The molecule has 0 aliphatic carbocycles. The molecule has 1 saturated heterocycles. The van der Waals surface area contributed by atoms with Crippen molar-refractivity contribution in [1.29, 1.82) is 0 Å². The lowest BCUT2D eigenvalue weighted by molar-refractivity contribution is 0.0856. The minimum atomic E-state index is -0.265. The van der Waals surface area contributed by atoms with Crippen LogP contribution in [0.15, 0.2) is 59.2 Å². The van der Waals surface area contributed by atoms with Gasteiger partial charge in [0.15, 0.2) is 5.78 Å². The number of nitrogens with one attached hydrogen (secondary N) is 1. The number of H-pyrrole nitrogens is 1. The van der Waals surface area contributed by atoms with E-state index in [0.29, 0.717) is 46.8 Å². The predicted molar refractivity (Wildman–Crippen MR) is 141 cm³/mol. The van der Waals surface area contributed by atoms with Gasteiger partial charge in [-0.2, -0.15) is 5.10 Å². The number of methoxy groups -OCH3 is 1. The van der Waals surface area contributed by atoms with Crippen LogP contribution in [0.3, 0.4) is 0 Å². The summed E-state index contributed by atoms with van der Waals surface area (Å²) in [6.45, 7) is 4.24. The number of piperidine rings is 1. The molecule has 2 aromatic heterocycles. The Balaban J connectivity index is 1.20. The molecule has 38 heavy (non-hydrogen) atoms. The third-order valence-corrected chi connectivity index (χ3v) is 7.39. The first-order valence-corrected chi connectivity index (χ1v) is 12.8. The van der Waals surface area contributed by atoms with Gasteiger partial charge in [0.2, 0.25) is 0 Å². The molecule has 0 bridgehead atoms. The topological polar surface area (TPSA) is 97.1 Å². The smallest absolute Gasteiger partial charge is 0.163 e. The SMILES string of the molecule is COc1cccc(F)c1CN1C[C@@H](C)C[C@@H](CC(=O)c2ccc3[nH]nc(-c4ccc5nonc5c4)c3c2)C1. The van der Waals surface area contributed by atoms with Crippen molar-refractivity contribution < 1.29 is 18.6 Å². The van der Waals surface area contributed by atoms with Gasteiger partial charge in [0.25, 0.3) is 0 Å². The van der Waals surface area contributed by atoms with Crippen LogP contribution in [-0.4, -0.2) is 51.4 Å². The summed E-state index contributed by atoms with van der Waals surface area (Å²) in [7, 11) is 1.56. The van der Waals surface area contributed by atoms with Crippen molar-refractivity contribution in [3.63, 3.8) is 0 Å². The number of benzene rings is 3. The van der Waals surface area contributed by atoms with Gasteiger partial charge in [-0.3, -0.25) is 14.8 Å². The van der Waals surface area contributed by atoms with Gasteiger partial charge in [-0.15, -0.1) is 0 Å². The van der Waals surface area contributed by atoms with E-state index in [0.717, 1.165) is 41.7 Å².